The molecule has 1 saturated heterocycles. The lowest BCUT2D eigenvalue weighted by Crippen LogP contribution is -2.42. The first-order valence-electron chi connectivity index (χ1n) is 9.29. The van der Waals surface area contributed by atoms with Crippen LogP contribution in [0.2, 0.25) is 0 Å². The van der Waals surface area contributed by atoms with Gasteiger partial charge in [-0.2, -0.15) is 9.47 Å². The minimum atomic E-state index is -1.12. The second-order valence-electron chi connectivity index (χ2n) is 7.52. The maximum absolute atomic E-state index is 14.3. The van der Waals surface area contributed by atoms with E-state index in [9.17, 15) is 4.39 Å². The Kier molecular flexibility index (Phi) is 4.21. The van der Waals surface area contributed by atoms with Gasteiger partial charge >= 0.3 is 0 Å². The van der Waals surface area contributed by atoms with Crippen molar-refractivity contribution in [1.82, 2.24) is 29.4 Å². The quantitative estimate of drug-likeness (QED) is 0.541. The minimum absolute atomic E-state index is 0.449. The van der Waals surface area contributed by atoms with Crippen LogP contribution in [0.1, 0.15) is 25.5 Å². The van der Waals surface area contributed by atoms with E-state index in [1.807, 2.05) is 18.2 Å². The Bertz CT molecular complexity index is 1140. The topological polar surface area (TPSA) is 82.6 Å². The Balaban J connectivity index is 1.37. The summed E-state index contributed by atoms with van der Waals surface area (Å²) >= 11 is 1.42. The molecule has 0 bridgehead atoms. The monoisotopic (exact) mass is 397 g/mol. The molecule has 1 aliphatic heterocycles. The van der Waals surface area contributed by atoms with Crippen LogP contribution in [0.3, 0.4) is 0 Å². The Morgan fingerprint density at radius 2 is 2.29 bits per heavy atom. The number of H-pyrrole nitrogens is 1. The highest BCUT2D eigenvalue weighted by atomic mass is 32.1. The first kappa shape index (κ1) is 17.4. The van der Waals surface area contributed by atoms with Crippen molar-refractivity contribution in [3.05, 3.63) is 36.3 Å². The third-order valence-corrected chi connectivity index (χ3v) is 5.88. The number of rotatable bonds is 4. The highest BCUT2D eigenvalue weighted by molar-refractivity contribution is 7.13. The lowest BCUT2D eigenvalue weighted by atomic mass is 9.97. The number of aromatic amines is 1. The molecule has 1 unspecified atom stereocenters. The molecule has 1 aliphatic rings. The molecule has 4 aromatic rings. The number of nitrogens with zero attached hydrogens (tertiary/aromatic N) is 5. The van der Waals surface area contributed by atoms with E-state index in [1.54, 1.807) is 19.3 Å². The number of piperidine rings is 1. The molecule has 0 aliphatic carbocycles. The number of halogens is 1. The summed E-state index contributed by atoms with van der Waals surface area (Å²) in [4.78, 5) is 11.1. The predicted molar refractivity (Wildman–Crippen MR) is 109 cm³/mol. The number of hydrogen-bond donors (Lipinski definition) is 2. The molecule has 0 aromatic carbocycles. The van der Waals surface area contributed by atoms with Gasteiger partial charge in [0.2, 0.25) is 0 Å². The van der Waals surface area contributed by atoms with Crippen molar-refractivity contribution >= 4 is 44.3 Å². The molecule has 1 fully saturated rings. The summed E-state index contributed by atoms with van der Waals surface area (Å²) in [7, 11) is 0. The smallest absolute Gasteiger partial charge is 0.178 e. The summed E-state index contributed by atoms with van der Waals surface area (Å²) in [6.07, 6.45) is 5.02. The number of alkyl halides is 1. The van der Waals surface area contributed by atoms with E-state index in [2.05, 4.69) is 34.8 Å². The van der Waals surface area contributed by atoms with Crippen molar-refractivity contribution in [2.75, 3.05) is 18.4 Å². The van der Waals surface area contributed by atoms with Crippen LogP contribution < -0.4 is 5.32 Å². The Morgan fingerprint density at radius 1 is 1.36 bits per heavy atom. The number of anilines is 2. The van der Waals surface area contributed by atoms with Crippen molar-refractivity contribution in [2.45, 2.75) is 32.0 Å². The van der Waals surface area contributed by atoms with E-state index in [0.29, 0.717) is 25.3 Å². The molecule has 4 aromatic heterocycles. The third-order valence-electron chi connectivity index (χ3n) is 5.06. The number of hydrogen-bond acceptors (Lipinski definition) is 7. The Morgan fingerprint density at radius 3 is 3.18 bits per heavy atom. The molecule has 1 atom stereocenters. The SMILES string of the molecule is CC1(F)CCCN(Cc2nsc3cc(Nc4n[nH]c5cccnc45)cnc23)C1. The van der Waals surface area contributed by atoms with Gasteiger partial charge in [-0.15, -0.1) is 0 Å². The summed E-state index contributed by atoms with van der Waals surface area (Å²) in [6.45, 7) is 3.66. The van der Waals surface area contributed by atoms with Gasteiger partial charge in [0, 0.05) is 19.3 Å². The molecule has 2 N–H and O–H groups in total. The van der Waals surface area contributed by atoms with Crippen LogP contribution in [0.5, 0.6) is 0 Å². The number of fused-ring (bicyclic) bond motifs is 2. The molecule has 7 nitrogen and oxygen atoms in total. The predicted octanol–water partition coefficient (Wildman–Crippen LogP) is 4.03. The maximum Gasteiger partial charge on any atom is 0.178 e. The molecule has 5 rings (SSSR count). The van der Waals surface area contributed by atoms with Crippen LogP contribution in [0.25, 0.3) is 21.3 Å². The average Bonchev–Trinajstić information content (AvgIpc) is 3.26. The second-order valence-corrected chi connectivity index (χ2v) is 8.33. The van der Waals surface area contributed by atoms with Gasteiger partial charge in [-0.25, -0.2) is 4.39 Å². The van der Waals surface area contributed by atoms with E-state index in [0.717, 1.165) is 45.6 Å². The van der Waals surface area contributed by atoms with Gasteiger partial charge in [0.1, 0.15) is 16.7 Å². The second kappa shape index (κ2) is 6.75. The maximum atomic E-state index is 14.3. The van der Waals surface area contributed by atoms with Gasteiger partial charge in [0.05, 0.1) is 27.8 Å². The third kappa shape index (κ3) is 3.31. The molecule has 5 heterocycles. The molecule has 0 amide bonds. The van der Waals surface area contributed by atoms with Crippen LogP contribution in [-0.2, 0) is 6.54 Å². The van der Waals surface area contributed by atoms with Gasteiger partial charge in [0.15, 0.2) is 5.82 Å². The zero-order chi connectivity index (χ0) is 19.1. The molecule has 0 saturated carbocycles. The van der Waals surface area contributed by atoms with Crippen LogP contribution in [0.15, 0.2) is 30.6 Å². The van der Waals surface area contributed by atoms with Gasteiger partial charge in [-0.1, -0.05) is 0 Å². The fourth-order valence-electron chi connectivity index (χ4n) is 3.77. The van der Waals surface area contributed by atoms with Crippen LogP contribution >= 0.6 is 11.5 Å². The van der Waals surface area contributed by atoms with Gasteiger partial charge in [0.25, 0.3) is 0 Å². The van der Waals surface area contributed by atoms with Crippen molar-refractivity contribution < 1.29 is 4.39 Å². The van der Waals surface area contributed by atoms with E-state index in [-0.39, 0.29) is 0 Å². The van der Waals surface area contributed by atoms with E-state index >= 15 is 0 Å². The number of aromatic nitrogens is 5. The molecule has 9 heteroatoms. The summed E-state index contributed by atoms with van der Waals surface area (Å²) in [5.41, 5.74) is 3.17. The summed E-state index contributed by atoms with van der Waals surface area (Å²) in [5.74, 6) is 0.664. The Labute approximate surface area is 165 Å². The molecule has 144 valence electrons. The van der Waals surface area contributed by atoms with Crippen molar-refractivity contribution in [3.63, 3.8) is 0 Å². The van der Waals surface area contributed by atoms with Crippen LogP contribution in [-0.4, -0.2) is 48.2 Å². The Hall–Kier alpha value is -2.65. The zero-order valence-electron chi connectivity index (χ0n) is 15.4. The number of likely N-dealkylation sites (tertiary alicyclic amines) is 1. The first-order valence-corrected chi connectivity index (χ1v) is 10.1. The van der Waals surface area contributed by atoms with Crippen molar-refractivity contribution in [3.8, 4) is 0 Å². The van der Waals surface area contributed by atoms with Crippen LogP contribution in [0.4, 0.5) is 15.9 Å². The molecular formula is C19H20FN7S. The molecule has 28 heavy (non-hydrogen) atoms. The van der Waals surface area contributed by atoms with Crippen LogP contribution in [0, 0.1) is 0 Å². The number of nitrogens with one attached hydrogen (secondary N) is 2. The van der Waals surface area contributed by atoms with Crippen molar-refractivity contribution in [1.29, 1.82) is 0 Å². The highest BCUT2D eigenvalue weighted by Gasteiger charge is 2.31. The lowest BCUT2D eigenvalue weighted by molar-refractivity contribution is 0.0560. The van der Waals surface area contributed by atoms with E-state index in [4.69, 9.17) is 0 Å². The minimum Gasteiger partial charge on any atom is -0.336 e. The van der Waals surface area contributed by atoms with E-state index in [1.165, 1.54) is 11.5 Å². The largest absolute Gasteiger partial charge is 0.336 e. The fraction of sp³-hybridized carbons (Fsp3) is 0.368. The first-order chi connectivity index (χ1) is 13.6. The lowest BCUT2D eigenvalue weighted by Gasteiger charge is -2.34. The van der Waals surface area contributed by atoms with E-state index < -0.39 is 5.67 Å². The van der Waals surface area contributed by atoms with Gasteiger partial charge in [-0.3, -0.25) is 20.0 Å². The standard InChI is InChI=1S/C19H20FN7S/c1-19(20)5-3-7-27(11-19)10-14-16-15(28-26-14)8-12(9-22-16)23-18-17-13(24-25-18)4-2-6-21-17/h2,4,6,8-9H,3,5,7,10-11H2,1H3,(H2,23,24,25). The normalized spacial score (nSPS) is 20.8. The van der Waals surface area contributed by atoms with Gasteiger partial charge < -0.3 is 5.32 Å². The average molecular weight is 397 g/mol. The summed E-state index contributed by atoms with van der Waals surface area (Å²) < 4.78 is 19.9. The molecular weight excluding hydrogens is 377 g/mol. The van der Waals surface area contributed by atoms with Gasteiger partial charge in [-0.05, 0) is 56.0 Å². The summed E-state index contributed by atoms with van der Waals surface area (Å²) in [6, 6.07) is 5.81. The molecule has 0 spiro atoms. The number of pyridine rings is 2. The zero-order valence-corrected chi connectivity index (χ0v) is 16.3. The summed E-state index contributed by atoms with van der Waals surface area (Å²) in [5, 5.41) is 10.5. The van der Waals surface area contributed by atoms with Crippen molar-refractivity contribution in [2.24, 2.45) is 0 Å². The molecule has 0 radical (unpaired) electrons. The fourth-order valence-corrected chi connectivity index (χ4v) is 4.56. The highest BCUT2D eigenvalue weighted by Crippen LogP contribution is 2.30.